The van der Waals surface area contributed by atoms with Gasteiger partial charge in [-0.1, -0.05) is 6.92 Å². The molecular formula is C13H12FN3O. The van der Waals surface area contributed by atoms with Crippen molar-refractivity contribution < 1.29 is 8.81 Å². The Morgan fingerprint density at radius 2 is 2.33 bits per heavy atom. The summed E-state index contributed by atoms with van der Waals surface area (Å²) < 4.78 is 18.9. The Bertz CT molecular complexity index is 586. The maximum Gasteiger partial charge on any atom is 0.213 e. The van der Waals surface area contributed by atoms with Crippen LogP contribution in [0.15, 0.2) is 28.8 Å². The normalized spacial score (nSPS) is 10.1. The Morgan fingerprint density at radius 3 is 2.94 bits per heavy atom. The lowest BCUT2D eigenvalue weighted by Crippen LogP contribution is -2.01. The minimum atomic E-state index is -0.462. The van der Waals surface area contributed by atoms with Gasteiger partial charge in [-0.15, -0.1) is 0 Å². The summed E-state index contributed by atoms with van der Waals surface area (Å²) in [5.74, 6) is 0.846. The molecule has 0 bridgehead atoms. The van der Waals surface area contributed by atoms with Gasteiger partial charge in [0.2, 0.25) is 5.89 Å². The standard InChI is InChI=1S/C13H12FN3O/c1-2-10-7-17-13(18-10)8-16-12-4-3-9(6-15)5-11(12)14/h3-5,7,16H,2,8H2,1H3. The van der Waals surface area contributed by atoms with Crippen LogP contribution in [-0.4, -0.2) is 4.98 Å². The summed E-state index contributed by atoms with van der Waals surface area (Å²) in [6.07, 6.45) is 2.43. The molecule has 1 N–H and O–H groups in total. The highest BCUT2D eigenvalue weighted by molar-refractivity contribution is 5.48. The Labute approximate surface area is 104 Å². The first-order chi connectivity index (χ1) is 8.72. The molecule has 0 saturated carbocycles. The molecule has 0 fully saturated rings. The minimum Gasteiger partial charge on any atom is -0.444 e. The van der Waals surface area contributed by atoms with Crippen LogP contribution in [0.25, 0.3) is 0 Å². The van der Waals surface area contributed by atoms with Crippen molar-refractivity contribution in [3.63, 3.8) is 0 Å². The fourth-order valence-corrected chi connectivity index (χ4v) is 1.49. The summed E-state index contributed by atoms with van der Waals surface area (Å²) in [5, 5.41) is 11.5. The van der Waals surface area contributed by atoms with E-state index in [2.05, 4.69) is 10.3 Å². The smallest absolute Gasteiger partial charge is 0.213 e. The maximum atomic E-state index is 13.5. The van der Waals surface area contributed by atoms with E-state index in [-0.39, 0.29) is 0 Å². The van der Waals surface area contributed by atoms with E-state index in [0.717, 1.165) is 12.2 Å². The van der Waals surface area contributed by atoms with Gasteiger partial charge in [-0.3, -0.25) is 0 Å². The zero-order chi connectivity index (χ0) is 13.0. The highest BCUT2D eigenvalue weighted by atomic mass is 19.1. The number of anilines is 1. The lowest BCUT2D eigenvalue weighted by molar-refractivity contribution is 0.465. The Kier molecular flexibility index (Phi) is 3.58. The van der Waals surface area contributed by atoms with Crippen LogP contribution in [-0.2, 0) is 13.0 Å². The number of hydrogen-bond donors (Lipinski definition) is 1. The molecule has 0 amide bonds. The lowest BCUT2D eigenvalue weighted by atomic mass is 10.2. The first-order valence-corrected chi connectivity index (χ1v) is 5.60. The fraction of sp³-hybridized carbons (Fsp3) is 0.231. The van der Waals surface area contributed by atoms with E-state index in [9.17, 15) is 4.39 Å². The Morgan fingerprint density at radius 1 is 1.50 bits per heavy atom. The Balaban J connectivity index is 2.04. The van der Waals surface area contributed by atoms with E-state index in [1.807, 2.05) is 13.0 Å². The van der Waals surface area contributed by atoms with Crippen molar-refractivity contribution >= 4 is 5.69 Å². The number of nitrogens with one attached hydrogen (secondary N) is 1. The minimum absolute atomic E-state index is 0.294. The second kappa shape index (κ2) is 5.32. The van der Waals surface area contributed by atoms with E-state index >= 15 is 0 Å². The molecule has 0 radical (unpaired) electrons. The number of hydrogen-bond acceptors (Lipinski definition) is 4. The summed E-state index contributed by atoms with van der Waals surface area (Å²) in [7, 11) is 0. The topological polar surface area (TPSA) is 61.9 Å². The number of aryl methyl sites for hydroxylation is 1. The number of benzene rings is 1. The largest absolute Gasteiger partial charge is 0.444 e. The monoisotopic (exact) mass is 245 g/mol. The second-order valence-corrected chi connectivity index (χ2v) is 3.73. The predicted molar refractivity (Wildman–Crippen MR) is 64.3 cm³/mol. The molecule has 1 aromatic heterocycles. The zero-order valence-electron chi connectivity index (χ0n) is 9.90. The molecule has 2 aromatic rings. The van der Waals surface area contributed by atoms with Crippen molar-refractivity contribution in [1.82, 2.24) is 4.98 Å². The third-order valence-electron chi connectivity index (χ3n) is 2.48. The van der Waals surface area contributed by atoms with Gasteiger partial charge in [0.05, 0.1) is 30.1 Å². The van der Waals surface area contributed by atoms with Crippen molar-refractivity contribution in [2.45, 2.75) is 19.9 Å². The molecule has 0 spiro atoms. The highest BCUT2D eigenvalue weighted by Crippen LogP contribution is 2.16. The van der Waals surface area contributed by atoms with Crippen molar-refractivity contribution in [2.75, 3.05) is 5.32 Å². The SMILES string of the molecule is CCc1cnc(CNc2ccc(C#N)cc2F)o1. The van der Waals surface area contributed by atoms with Gasteiger partial charge in [0.25, 0.3) is 0 Å². The number of aromatic nitrogens is 1. The average molecular weight is 245 g/mol. The number of halogens is 1. The van der Waals surface area contributed by atoms with Crippen LogP contribution in [0.1, 0.15) is 24.1 Å². The summed E-state index contributed by atoms with van der Waals surface area (Å²) in [5.41, 5.74) is 0.618. The summed E-state index contributed by atoms with van der Waals surface area (Å²) in [6.45, 7) is 2.28. The van der Waals surface area contributed by atoms with Gasteiger partial charge in [0, 0.05) is 6.42 Å². The molecule has 1 aromatic carbocycles. The van der Waals surface area contributed by atoms with Gasteiger partial charge in [-0.25, -0.2) is 9.37 Å². The van der Waals surface area contributed by atoms with Crippen LogP contribution >= 0.6 is 0 Å². The van der Waals surface area contributed by atoms with Gasteiger partial charge in [-0.2, -0.15) is 5.26 Å². The maximum absolute atomic E-state index is 13.5. The molecule has 0 saturated heterocycles. The van der Waals surface area contributed by atoms with Crippen LogP contribution < -0.4 is 5.32 Å². The van der Waals surface area contributed by atoms with E-state index in [4.69, 9.17) is 9.68 Å². The van der Waals surface area contributed by atoms with Crippen molar-refractivity contribution in [2.24, 2.45) is 0 Å². The molecule has 0 aliphatic heterocycles. The molecule has 5 heteroatoms. The zero-order valence-corrected chi connectivity index (χ0v) is 9.90. The van der Waals surface area contributed by atoms with Crippen molar-refractivity contribution in [3.05, 3.63) is 47.4 Å². The summed E-state index contributed by atoms with van der Waals surface area (Å²) in [6, 6.07) is 6.15. The summed E-state index contributed by atoms with van der Waals surface area (Å²) >= 11 is 0. The van der Waals surface area contributed by atoms with Gasteiger partial charge in [-0.05, 0) is 18.2 Å². The molecule has 18 heavy (non-hydrogen) atoms. The molecule has 0 aliphatic rings. The molecule has 0 unspecified atom stereocenters. The number of rotatable bonds is 4. The summed E-state index contributed by atoms with van der Waals surface area (Å²) in [4.78, 5) is 4.06. The first kappa shape index (κ1) is 12.1. The van der Waals surface area contributed by atoms with E-state index in [1.165, 1.54) is 12.1 Å². The lowest BCUT2D eigenvalue weighted by Gasteiger charge is -2.05. The molecule has 2 rings (SSSR count). The second-order valence-electron chi connectivity index (χ2n) is 3.73. The van der Waals surface area contributed by atoms with E-state index in [1.54, 1.807) is 12.3 Å². The molecule has 1 heterocycles. The number of nitriles is 1. The van der Waals surface area contributed by atoms with Gasteiger partial charge >= 0.3 is 0 Å². The number of oxazole rings is 1. The van der Waals surface area contributed by atoms with Crippen molar-refractivity contribution in [1.29, 1.82) is 5.26 Å². The third-order valence-corrected chi connectivity index (χ3v) is 2.48. The quantitative estimate of drug-likeness (QED) is 0.899. The van der Waals surface area contributed by atoms with Gasteiger partial charge < -0.3 is 9.73 Å². The Hall–Kier alpha value is -2.35. The molecule has 4 nitrogen and oxygen atoms in total. The van der Waals surface area contributed by atoms with Crippen molar-refractivity contribution in [3.8, 4) is 6.07 Å². The van der Waals surface area contributed by atoms with Crippen LogP contribution in [0.2, 0.25) is 0 Å². The van der Waals surface area contributed by atoms with Crippen LogP contribution in [0, 0.1) is 17.1 Å². The van der Waals surface area contributed by atoms with E-state index < -0.39 is 5.82 Å². The van der Waals surface area contributed by atoms with Crippen LogP contribution in [0.3, 0.4) is 0 Å². The predicted octanol–water partition coefficient (Wildman–Crippen LogP) is 2.86. The fourth-order valence-electron chi connectivity index (χ4n) is 1.49. The van der Waals surface area contributed by atoms with Crippen LogP contribution in [0.4, 0.5) is 10.1 Å². The number of nitrogens with zero attached hydrogens (tertiary/aromatic N) is 2. The first-order valence-electron chi connectivity index (χ1n) is 5.60. The molecule has 0 atom stereocenters. The molecule has 0 aliphatic carbocycles. The van der Waals surface area contributed by atoms with E-state index in [0.29, 0.717) is 23.7 Å². The third kappa shape index (κ3) is 2.66. The van der Waals surface area contributed by atoms with Crippen LogP contribution in [0.5, 0.6) is 0 Å². The molecule has 92 valence electrons. The van der Waals surface area contributed by atoms with Gasteiger partial charge in [0.15, 0.2) is 0 Å². The molecular weight excluding hydrogens is 233 g/mol. The highest BCUT2D eigenvalue weighted by Gasteiger charge is 2.06. The average Bonchev–Trinajstić information content (AvgIpc) is 2.85. The van der Waals surface area contributed by atoms with Gasteiger partial charge in [0.1, 0.15) is 11.6 Å².